The molecule has 1 aromatic carbocycles. The summed E-state index contributed by atoms with van der Waals surface area (Å²) in [5.74, 6) is -3.23. The highest BCUT2D eigenvalue weighted by Gasteiger charge is 2.39. The van der Waals surface area contributed by atoms with Gasteiger partial charge in [-0.15, -0.1) is 0 Å². The molecule has 8 N–H and O–H groups in total. The highest BCUT2D eigenvalue weighted by molar-refractivity contribution is 7.98. The van der Waals surface area contributed by atoms with Gasteiger partial charge < -0.3 is 37.1 Å². The fourth-order valence-corrected chi connectivity index (χ4v) is 5.04. The van der Waals surface area contributed by atoms with E-state index >= 15 is 0 Å². The van der Waals surface area contributed by atoms with E-state index in [4.69, 9.17) is 11.5 Å². The second-order valence-corrected chi connectivity index (χ2v) is 10.3. The lowest BCUT2D eigenvalue weighted by Gasteiger charge is -2.29. The number of carbonyl (C=O) groups excluding carboxylic acids is 4. The molecule has 4 amide bonds. The number of primary amides is 1. The zero-order chi connectivity index (χ0) is 27.8. The van der Waals surface area contributed by atoms with Gasteiger partial charge in [0.1, 0.15) is 18.1 Å². The van der Waals surface area contributed by atoms with Gasteiger partial charge in [-0.1, -0.05) is 18.2 Å². The third-order valence-electron chi connectivity index (χ3n) is 6.54. The topological polar surface area (TPSA) is 201 Å². The summed E-state index contributed by atoms with van der Waals surface area (Å²) in [4.78, 5) is 67.1. The molecule has 1 fully saturated rings. The van der Waals surface area contributed by atoms with Crippen LogP contribution in [-0.2, 0) is 30.4 Å². The number of likely N-dealkylation sites (tertiary alicyclic amines) is 1. The molecule has 4 atom stereocenters. The number of aromatic amines is 1. The van der Waals surface area contributed by atoms with Gasteiger partial charge in [0.15, 0.2) is 0 Å². The Bertz CT molecular complexity index is 1190. The monoisotopic (exact) mass is 546 g/mol. The van der Waals surface area contributed by atoms with Gasteiger partial charge in [0.2, 0.25) is 23.6 Å². The zero-order valence-corrected chi connectivity index (χ0v) is 22.0. The molecule has 1 saturated heterocycles. The molecule has 13 heteroatoms. The molecule has 1 aliphatic rings. The maximum atomic E-state index is 13.3. The van der Waals surface area contributed by atoms with E-state index in [1.54, 1.807) is 6.20 Å². The number of aliphatic carboxylic acids is 1. The first-order chi connectivity index (χ1) is 18.1. The number of carboxylic acids is 1. The van der Waals surface area contributed by atoms with E-state index < -0.39 is 60.2 Å². The van der Waals surface area contributed by atoms with E-state index in [1.807, 2.05) is 30.5 Å². The first-order valence-electron chi connectivity index (χ1n) is 12.3. The van der Waals surface area contributed by atoms with Gasteiger partial charge in [-0.2, -0.15) is 11.8 Å². The Labute approximate surface area is 224 Å². The number of H-pyrrole nitrogens is 1. The number of para-hydroxylation sites is 1. The molecule has 3 rings (SSSR count). The zero-order valence-electron chi connectivity index (χ0n) is 21.1. The lowest BCUT2D eigenvalue weighted by molar-refractivity contribution is -0.145. The second-order valence-electron chi connectivity index (χ2n) is 9.27. The summed E-state index contributed by atoms with van der Waals surface area (Å²) >= 11 is 1.52. The van der Waals surface area contributed by atoms with Crippen LogP contribution in [0.15, 0.2) is 30.5 Å². The number of carbonyl (C=O) groups is 5. The maximum Gasteiger partial charge on any atom is 0.326 e. The van der Waals surface area contributed by atoms with Gasteiger partial charge in [-0.05, 0) is 42.9 Å². The Hall–Kier alpha value is -3.58. The SMILES string of the molecule is CSCCC(N)C(=O)NC(CC(N)=O)C(=O)N1CCCC1C(=O)NC(Cc1c[nH]c2ccccc12)C(=O)O. The van der Waals surface area contributed by atoms with Crippen LogP contribution in [0.5, 0.6) is 0 Å². The van der Waals surface area contributed by atoms with Crippen molar-refractivity contribution in [2.45, 2.75) is 56.3 Å². The smallest absolute Gasteiger partial charge is 0.326 e. The summed E-state index contributed by atoms with van der Waals surface area (Å²) < 4.78 is 0. The van der Waals surface area contributed by atoms with Gasteiger partial charge in [-0.25, -0.2) is 4.79 Å². The van der Waals surface area contributed by atoms with Crippen LogP contribution in [0.4, 0.5) is 0 Å². The number of nitrogens with two attached hydrogens (primary N) is 2. The van der Waals surface area contributed by atoms with Crippen molar-refractivity contribution in [3.63, 3.8) is 0 Å². The van der Waals surface area contributed by atoms with E-state index in [9.17, 15) is 29.1 Å². The Morgan fingerprint density at radius 3 is 2.61 bits per heavy atom. The Balaban J connectivity index is 1.71. The van der Waals surface area contributed by atoms with Crippen molar-refractivity contribution in [1.29, 1.82) is 0 Å². The maximum absolute atomic E-state index is 13.3. The minimum Gasteiger partial charge on any atom is -0.480 e. The predicted molar refractivity (Wildman–Crippen MR) is 143 cm³/mol. The van der Waals surface area contributed by atoms with E-state index in [1.165, 1.54) is 16.7 Å². The van der Waals surface area contributed by atoms with Crippen molar-refractivity contribution >= 4 is 52.3 Å². The number of nitrogens with zero attached hydrogens (tertiary/aromatic N) is 1. The number of amides is 4. The van der Waals surface area contributed by atoms with Crippen LogP contribution in [0.1, 0.15) is 31.2 Å². The molecule has 206 valence electrons. The predicted octanol–water partition coefficient (Wildman–Crippen LogP) is -0.289. The number of carboxylic acid groups (broad SMARTS) is 1. The van der Waals surface area contributed by atoms with Crippen molar-refractivity contribution in [2.24, 2.45) is 11.5 Å². The molecule has 0 aliphatic carbocycles. The number of fused-ring (bicyclic) bond motifs is 1. The van der Waals surface area contributed by atoms with Crippen LogP contribution in [0.2, 0.25) is 0 Å². The van der Waals surface area contributed by atoms with Crippen molar-refractivity contribution in [3.8, 4) is 0 Å². The highest BCUT2D eigenvalue weighted by Crippen LogP contribution is 2.22. The van der Waals surface area contributed by atoms with Crippen LogP contribution in [0, 0.1) is 0 Å². The number of aromatic nitrogens is 1. The number of rotatable bonds is 13. The number of benzene rings is 1. The third-order valence-corrected chi connectivity index (χ3v) is 7.19. The standard InChI is InChI=1S/C25H34N6O6S/c1-38-10-8-16(26)22(33)29-18(12-21(27)32)24(35)31-9-4-7-20(31)23(34)30-19(25(36)37)11-14-13-28-17-6-3-2-5-15(14)17/h2-3,5-6,13,16,18-20,28H,4,7-12,26H2,1H3,(H2,27,32)(H,29,33)(H,30,34)(H,36,37). The minimum atomic E-state index is -1.28. The average molecular weight is 547 g/mol. The molecule has 1 aromatic heterocycles. The minimum absolute atomic E-state index is 0.0417. The van der Waals surface area contributed by atoms with Crippen molar-refractivity contribution < 1.29 is 29.1 Å². The second kappa shape index (κ2) is 13.3. The molecule has 0 spiro atoms. The number of hydrogen-bond donors (Lipinski definition) is 6. The molecule has 38 heavy (non-hydrogen) atoms. The average Bonchev–Trinajstić information content (AvgIpc) is 3.53. The summed E-state index contributed by atoms with van der Waals surface area (Å²) in [7, 11) is 0. The van der Waals surface area contributed by atoms with E-state index in [0.29, 0.717) is 25.0 Å². The molecule has 0 saturated carbocycles. The number of nitrogens with one attached hydrogen (secondary N) is 3. The Kier molecular flexibility index (Phi) is 10.1. The van der Waals surface area contributed by atoms with Crippen LogP contribution >= 0.6 is 11.8 Å². The van der Waals surface area contributed by atoms with Gasteiger partial charge in [0.05, 0.1) is 12.5 Å². The molecular formula is C25H34N6O6S. The fraction of sp³-hybridized carbons (Fsp3) is 0.480. The summed E-state index contributed by atoms with van der Waals surface area (Å²) in [5.41, 5.74) is 12.8. The molecular weight excluding hydrogens is 512 g/mol. The molecule has 4 unspecified atom stereocenters. The fourth-order valence-electron chi connectivity index (χ4n) is 4.55. The van der Waals surface area contributed by atoms with Crippen molar-refractivity contribution in [2.75, 3.05) is 18.6 Å². The number of thioether (sulfide) groups is 1. The van der Waals surface area contributed by atoms with Crippen molar-refractivity contribution in [1.82, 2.24) is 20.5 Å². The van der Waals surface area contributed by atoms with Crippen LogP contribution in [-0.4, -0.2) is 87.3 Å². The largest absolute Gasteiger partial charge is 0.480 e. The van der Waals surface area contributed by atoms with E-state index in [0.717, 1.165) is 16.5 Å². The van der Waals surface area contributed by atoms with Crippen LogP contribution in [0.25, 0.3) is 10.9 Å². The summed E-state index contributed by atoms with van der Waals surface area (Å²) in [6.45, 7) is 0.209. The lowest BCUT2D eigenvalue weighted by atomic mass is 10.0. The molecule has 12 nitrogen and oxygen atoms in total. The normalized spacial score (nSPS) is 17.5. The Morgan fingerprint density at radius 1 is 1.18 bits per heavy atom. The summed E-state index contributed by atoms with van der Waals surface area (Å²) in [6, 6.07) is 3.09. The lowest BCUT2D eigenvalue weighted by Crippen LogP contribution is -2.57. The van der Waals surface area contributed by atoms with Crippen molar-refractivity contribution in [3.05, 3.63) is 36.0 Å². The van der Waals surface area contributed by atoms with Gasteiger partial charge in [-0.3, -0.25) is 19.2 Å². The van der Waals surface area contributed by atoms with E-state index in [-0.39, 0.29) is 13.0 Å². The first-order valence-corrected chi connectivity index (χ1v) is 13.7. The highest BCUT2D eigenvalue weighted by atomic mass is 32.2. The quantitative estimate of drug-likeness (QED) is 0.197. The van der Waals surface area contributed by atoms with Gasteiger partial charge in [0, 0.05) is 30.1 Å². The summed E-state index contributed by atoms with van der Waals surface area (Å²) in [5, 5.41) is 15.7. The van der Waals surface area contributed by atoms with Crippen LogP contribution in [0.3, 0.4) is 0 Å². The Morgan fingerprint density at radius 2 is 1.92 bits per heavy atom. The molecule has 0 radical (unpaired) electrons. The third kappa shape index (κ3) is 7.25. The molecule has 1 aliphatic heterocycles. The van der Waals surface area contributed by atoms with E-state index in [2.05, 4.69) is 15.6 Å². The van der Waals surface area contributed by atoms with Gasteiger partial charge in [0.25, 0.3) is 0 Å². The number of hydrogen-bond acceptors (Lipinski definition) is 7. The van der Waals surface area contributed by atoms with Crippen LogP contribution < -0.4 is 22.1 Å². The molecule has 2 aromatic rings. The summed E-state index contributed by atoms with van der Waals surface area (Å²) in [6.07, 6.45) is 4.35. The van der Waals surface area contributed by atoms with Gasteiger partial charge >= 0.3 is 5.97 Å². The molecule has 0 bridgehead atoms. The first kappa shape index (κ1) is 29.0. The molecule has 2 heterocycles.